The Morgan fingerprint density at radius 2 is 2.13 bits per heavy atom. The number of nitrogens with zero attached hydrogens (tertiary/aromatic N) is 4. The fourth-order valence-corrected chi connectivity index (χ4v) is 3.63. The molecule has 0 aromatic carbocycles. The summed E-state index contributed by atoms with van der Waals surface area (Å²) in [6.07, 6.45) is 5.97. The molecule has 1 aliphatic heterocycles. The highest BCUT2D eigenvalue weighted by Crippen LogP contribution is 2.37. The Labute approximate surface area is 139 Å². The summed E-state index contributed by atoms with van der Waals surface area (Å²) in [7, 11) is -1.70. The zero-order valence-electron chi connectivity index (χ0n) is 14.8. The van der Waals surface area contributed by atoms with Crippen molar-refractivity contribution in [1.82, 2.24) is 14.8 Å². The Balaban J connectivity index is 1.74. The molecule has 0 fully saturated rings. The van der Waals surface area contributed by atoms with Crippen LogP contribution in [0.15, 0.2) is 30.7 Å². The first kappa shape index (κ1) is 16.3. The Morgan fingerprint density at radius 1 is 1.35 bits per heavy atom. The predicted octanol–water partition coefficient (Wildman–Crippen LogP) is 3.06. The van der Waals surface area contributed by atoms with E-state index in [4.69, 9.17) is 4.43 Å². The third-order valence-corrected chi connectivity index (χ3v) is 9.68. The average Bonchev–Trinajstić information content (AvgIpc) is 3.05. The minimum atomic E-state index is -1.70. The zero-order chi connectivity index (χ0) is 16.7. The van der Waals surface area contributed by atoms with E-state index in [0.717, 1.165) is 31.1 Å². The summed E-state index contributed by atoms with van der Waals surface area (Å²) >= 11 is 0. The number of hydrogen-bond acceptors (Lipinski definition) is 3. The second-order valence-electron chi connectivity index (χ2n) is 7.84. The second-order valence-corrected chi connectivity index (χ2v) is 12.6. The molecule has 0 amide bonds. The molecule has 23 heavy (non-hydrogen) atoms. The van der Waals surface area contributed by atoms with Crippen molar-refractivity contribution in [1.29, 1.82) is 0 Å². The summed E-state index contributed by atoms with van der Waals surface area (Å²) in [5, 5.41) is 4.92. The number of hydrogen-bond donors (Lipinski definition) is 0. The predicted molar refractivity (Wildman–Crippen MR) is 92.1 cm³/mol. The third-order valence-electron chi connectivity index (χ3n) is 5.18. The SMILES string of the molecule is CC(C)(C)[Si](C)(C)OC[C@@H]1CCc2nn(-c3ccccn3)c[n+]21. The number of aryl methyl sites for hydroxylation is 1. The number of pyridine rings is 1. The normalized spacial score (nSPS) is 18.2. The van der Waals surface area contributed by atoms with Gasteiger partial charge in [0, 0.05) is 23.8 Å². The summed E-state index contributed by atoms with van der Waals surface area (Å²) in [5.41, 5.74) is 0. The van der Waals surface area contributed by atoms with Crippen LogP contribution in [0.3, 0.4) is 0 Å². The van der Waals surface area contributed by atoms with Gasteiger partial charge < -0.3 is 4.43 Å². The van der Waals surface area contributed by atoms with Gasteiger partial charge in [0.15, 0.2) is 8.32 Å². The topological polar surface area (TPSA) is 43.8 Å². The maximum atomic E-state index is 6.42. The van der Waals surface area contributed by atoms with Crippen LogP contribution in [-0.2, 0) is 10.8 Å². The molecule has 1 atom stereocenters. The monoisotopic (exact) mass is 331 g/mol. The molecule has 1 aliphatic rings. The van der Waals surface area contributed by atoms with Gasteiger partial charge in [-0.1, -0.05) is 31.5 Å². The highest BCUT2D eigenvalue weighted by molar-refractivity contribution is 6.74. The Hall–Kier alpha value is -1.53. The van der Waals surface area contributed by atoms with E-state index in [-0.39, 0.29) is 5.04 Å². The highest BCUT2D eigenvalue weighted by Gasteiger charge is 2.39. The van der Waals surface area contributed by atoms with Gasteiger partial charge in [-0.05, 0) is 30.6 Å². The van der Waals surface area contributed by atoms with Crippen LogP contribution in [0.25, 0.3) is 5.82 Å². The minimum Gasteiger partial charge on any atom is -0.413 e. The van der Waals surface area contributed by atoms with Gasteiger partial charge in [-0.3, -0.25) is 0 Å². The average molecular weight is 332 g/mol. The summed E-state index contributed by atoms with van der Waals surface area (Å²) in [6, 6.07) is 6.27. The lowest BCUT2D eigenvalue weighted by Gasteiger charge is -2.36. The lowest BCUT2D eigenvalue weighted by Crippen LogP contribution is -2.45. The molecule has 0 N–H and O–H groups in total. The standard InChI is InChI=1S/C17H27N4OSi/c1-17(2,3)23(4,5)22-12-14-9-10-16-19-21(13-20(14)16)15-8-6-7-11-18-15/h6-8,11,13-14H,9-10,12H2,1-5H3/q+1/t14-/m0/s1. The molecule has 0 aliphatic carbocycles. The van der Waals surface area contributed by atoms with Crippen molar-refractivity contribution >= 4 is 8.32 Å². The molecular formula is C17H27N4OSi+. The van der Waals surface area contributed by atoms with Gasteiger partial charge in [0.05, 0.1) is 6.61 Å². The summed E-state index contributed by atoms with van der Waals surface area (Å²) in [4.78, 5) is 4.37. The molecule has 2 aromatic rings. The largest absolute Gasteiger partial charge is 0.413 e. The van der Waals surface area contributed by atoms with E-state index in [9.17, 15) is 0 Å². The van der Waals surface area contributed by atoms with Crippen LogP contribution in [0.2, 0.25) is 18.1 Å². The molecule has 6 heteroatoms. The maximum absolute atomic E-state index is 6.42. The van der Waals surface area contributed by atoms with Gasteiger partial charge in [-0.15, -0.1) is 0 Å². The van der Waals surface area contributed by atoms with E-state index >= 15 is 0 Å². The van der Waals surface area contributed by atoms with Crippen LogP contribution >= 0.6 is 0 Å². The first-order chi connectivity index (χ1) is 10.8. The minimum absolute atomic E-state index is 0.247. The Bertz CT molecular complexity index is 676. The van der Waals surface area contributed by atoms with Crippen molar-refractivity contribution in [3.63, 3.8) is 0 Å². The van der Waals surface area contributed by atoms with Gasteiger partial charge in [0.1, 0.15) is 6.04 Å². The number of aromatic nitrogens is 4. The van der Waals surface area contributed by atoms with Crippen molar-refractivity contribution in [2.45, 2.75) is 57.8 Å². The fraction of sp³-hybridized carbons (Fsp3) is 0.588. The van der Waals surface area contributed by atoms with E-state index in [1.807, 2.05) is 22.9 Å². The molecule has 0 spiro atoms. The molecule has 0 bridgehead atoms. The Kier molecular flexibility index (Phi) is 4.14. The van der Waals surface area contributed by atoms with Crippen molar-refractivity contribution in [2.75, 3.05) is 6.61 Å². The van der Waals surface area contributed by atoms with Gasteiger partial charge in [0.2, 0.25) is 12.1 Å². The van der Waals surface area contributed by atoms with E-state index in [1.165, 1.54) is 0 Å². The van der Waals surface area contributed by atoms with Gasteiger partial charge in [-0.25, -0.2) is 9.55 Å². The summed E-state index contributed by atoms with van der Waals surface area (Å²) < 4.78 is 10.5. The first-order valence-corrected chi connectivity index (χ1v) is 11.2. The lowest BCUT2D eigenvalue weighted by molar-refractivity contribution is -0.718. The molecule has 0 unspecified atom stereocenters. The van der Waals surface area contributed by atoms with Gasteiger partial charge in [-0.2, -0.15) is 0 Å². The molecular weight excluding hydrogens is 304 g/mol. The van der Waals surface area contributed by atoms with Crippen LogP contribution < -0.4 is 4.57 Å². The summed E-state index contributed by atoms with van der Waals surface area (Å²) in [6.45, 7) is 12.3. The summed E-state index contributed by atoms with van der Waals surface area (Å²) in [5.74, 6) is 1.98. The lowest BCUT2D eigenvalue weighted by atomic mass is 10.2. The Morgan fingerprint density at radius 3 is 2.78 bits per heavy atom. The van der Waals surface area contributed by atoms with Crippen LogP contribution in [-0.4, -0.2) is 29.7 Å². The molecule has 3 heterocycles. The molecule has 5 nitrogen and oxygen atoms in total. The molecule has 0 saturated carbocycles. The number of rotatable bonds is 4. The van der Waals surface area contributed by atoms with Crippen LogP contribution in [0.5, 0.6) is 0 Å². The van der Waals surface area contributed by atoms with Gasteiger partial charge >= 0.3 is 0 Å². The highest BCUT2D eigenvalue weighted by atomic mass is 28.4. The van der Waals surface area contributed by atoms with Gasteiger partial charge in [0.25, 0.3) is 5.82 Å². The van der Waals surface area contributed by atoms with E-state index in [0.29, 0.717) is 6.04 Å². The van der Waals surface area contributed by atoms with Crippen molar-refractivity contribution < 1.29 is 8.99 Å². The van der Waals surface area contributed by atoms with E-state index in [1.54, 1.807) is 6.20 Å². The number of fused-ring (bicyclic) bond motifs is 1. The van der Waals surface area contributed by atoms with Crippen LogP contribution in [0.4, 0.5) is 0 Å². The third kappa shape index (κ3) is 3.23. The van der Waals surface area contributed by atoms with E-state index in [2.05, 4.69) is 54.8 Å². The quantitative estimate of drug-likeness (QED) is 0.639. The van der Waals surface area contributed by atoms with Crippen molar-refractivity contribution in [3.05, 3.63) is 36.5 Å². The van der Waals surface area contributed by atoms with Crippen LogP contribution in [0.1, 0.15) is 39.1 Å². The van der Waals surface area contributed by atoms with Crippen LogP contribution in [0, 0.1) is 0 Å². The van der Waals surface area contributed by atoms with Crippen molar-refractivity contribution in [2.24, 2.45) is 0 Å². The van der Waals surface area contributed by atoms with E-state index < -0.39 is 8.32 Å². The molecule has 0 radical (unpaired) electrons. The van der Waals surface area contributed by atoms with Crippen molar-refractivity contribution in [3.8, 4) is 5.82 Å². The second kappa shape index (κ2) is 5.83. The molecule has 2 aromatic heterocycles. The zero-order valence-corrected chi connectivity index (χ0v) is 15.8. The molecule has 124 valence electrons. The fourth-order valence-electron chi connectivity index (χ4n) is 2.59. The first-order valence-electron chi connectivity index (χ1n) is 8.33. The molecule has 0 saturated heterocycles. The maximum Gasteiger partial charge on any atom is 0.278 e. The molecule has 3 rings (SSSR count). The smallest absolute Gasteiger partial charge is 0.278 e.